The van der Waals surface area contributed by atoms with Crippen LogP contribution in [-0.2, 0) is 22.9 Å². The lowest BCUT2D eigenvalue weighted by atomic mass is 10.1. The summed E-state index contributed by atoms with van der Waals surface area (Å²) >= 11 is 0. The average Bonchev–Trinajstić information content (AvgIpc) is 3.23. The number of fused-ring (bicyclic) bond motifs is 1. The Morgan fingerprint density at radius 2 is 1.96 bits per heavy atom. The standard InChI is InChI=1S/C17H16N4O2S/c22-24(23,14-8-7-12-4-3-5-13(12)10-14)21-16-11-19-20-17(16)15-6-1-2-9-18-15/h1-2,6-11,21H,3-5H2,(H,19,20). The maximum Gasteiger partial charge on any atom is 0.262 e. The molecule has 1 aliphatic rings. The van der Waals surface area contributed by atoms with Crippen molar-refractivity contribution in [2.24, 2.45) is 0 Å². The Kier molecular flexibility index (Phi) is 3.57. The van der Waals surface area contributed by atoms with Gasteiger partial charge in [0.05, 0.1) is 22.5 Å². The topological polar surface area (TPSA) is 87.7 Å². The fourth-order valence-electron chi connectivity index (χ4n) is 2.99. The molecule has 0 atom stereocenters. The van der Waals surface area contributed by atoms with E-state index in [-0.39, 0.29) is 4.90 Å². The van der Waals surface area contributed by atoms with Gasteiger partial charge in [-0.05, 0) is 54.7 Å². The van der Waals surface area contributed by atoms with Crippen LogP contribution >= 0.6 is 0 Å². The van der Waals surface area contributed by atoms with Gasteiger partial charge in [0, 0.05) is 6.20 Å². The lowest BCUT2D eigenvalue weighted by Crippen LogP contribution is -2.13. The van der Waals surface area contributed by atoms with Gasteiger partial charge >= 0.3 is 0 Å². The minimum atomic E-state index is -3.67. The van der Waals surface area contributed by atoms with Crippen molar-refractivity contribution < 1.29 is 8.42 Å². The highest BCUT2D eigenvalue weighted by atomic mass is 32.2. The predicted molar refractivity (Wildman–Crippen MR) is 91.1 cm³/mol. The molecule has 2 N–H and O–H groups in total. The minimum absolute atomic E-state index is 0.274. The van der Waals surface area contributed by atoms with Crippen LogP contribution in [0.2, 0.25) is 0 Å². The highest BCUT2D eigenvalue weighted by molar-refractivity contribution is 7.92. The molecule has 0 bridgehead atoms. The number of rotatable bonds is 4. The van der Waals surface area contributed by atoms with E-state index < -0.39 is 10.0 Å². The lowest BCUT2D eigenvalue weighted by Gasteiger charge is -2.09. The maximum atomic E-state index is 12.7. The van der Waals surface area contributed by atoms with Crippen LogP contribution in [0.3, 0.4) is 0 Å². The highest BCUT2D eigenvalue weighted by Crippen LogP contribution is 2.28. The summed E-state index contributed by atoms with van der Waals surface area (Å²) in [5.74, 6) is 0. The van der Waals surface area contributed by atoms with Gasteiger partial charge in [-0.2, -0.15) is 5.10 Å². The maximum absolute atomic E-state index is 12.7. The molecule has 0 aliphatic heterocycles. The summed E-state index contributed by atoms with van der Waals surface area (Å²) in [4.78, 5) is 4.50. The highest BCUT2D eigenvalue weighted by Gasteiger charge is 2.21. The van der Waals surface area contributed by atoms with E-state index in [4.69, 9.17) is 0 Å². The van der Waals surface area contributed by atoms with Crippen LogP contribution < -0.4 is 4.72 Å². The second-order valence-corrected chi connectivity index (χ2v) is 7.45. The van der Waals surface area contributed by atoms with E-state index >= 15 is 0 Å². The number of H-pyrrole nitrogens is 1. The second kappa shape index (κ2) is 5.76. The van der Waals surface area contributed by atoms with Crippen molar-refractivity contribution in [3.05, 3.63) is 59.9 Å². The molecule has 0 spiro atoms. The summed E-state index contributed by atoms with van der Waals surface area (Å²) < 4.78 is 28.0. The normalized spacial score (nSPS) is 13.7. The smallest absolute Gasteiger partial charge is 0.262 e. The number of hydrogen-bond acceptors (Lipinski definition) is 4. The summed E-state index contributed by atoms with van der Waals surface area (Å²) in [6.07, 6.45) is 6.14. The summed E-state index contributed by atoms with van der Waals surface area (Å²) in [5.41, 5.74) is 3.91. The first-order valence-electron chi connectivity index (χ1n) is 7.73. The summed E-state index contributed by atoms with van der Waals surface area (Å²) in [5, 5.41) is 6.74. The SMILES string of the molecule is O=S(=O)(Nc1cn[nH]c1-c1ccccn1)c1ccc2c(c1)CCC2. The molecular weight excluding hydrogens is 324 g/mol. The molecule has 0 amide bonds. The molecule has 1 aliphatic carbocycles. The van der Waals surface area contributed by atoms with Crippen molar-refractivity contribution in [3.63, 3.8) is 0 Å². The molecule has 0 fully saturated rings. The number of aromatic amines is 1. The third kappa shape index (κ3) is 2.67. The first kappa shape index (κ1) is 14.9. The van der Waals surface area contributed by atoms with Crippen LogP contribution in [0.1, 0.15) is 17.5 Å². The van der Waals surface area contributed by atoms with Crippen molar-refractivity contribution >= 4 is 15.7 Å². The molecule has 24 heavy (non-hydrogen) atoms. The first-order valence-corrected chi connectivity index (χ1v) is 9.21. The minimum Gasteiger partial charge on any atom is -0.276 e. The second-order valence-electron chi connectivity index (χ2n) is 5.76. The van der Waals surface area contributed by atoms with Gasteiger partial charge < -0.3 is 0 Å². The summed E-state index contributed by atoms with van der Waals surface area (Å²) in [7, 11) is -3.67. The van der Waals surface area contributed by atoms with Crippen LogP contribution in [0.25, 0.3) is 11.4 Å². The Balaban J connectivity index is 1.67. The van der Waals surface area contributed by atoms with Gasteiger partial charge in [-0.3, -0.25) is 14.8 Å². The largest absolute Gasteiger partial charge is 0.276 e. The van der Waals surface area contributed by atoms with Crippen LogP contribution in [-0.4, -0.2) is 23.6 Å². The zero-order valence-corrected chi connectivity index (χ0v) is 13.7. The number of anilines is 1. The third-order valence-electron chi connectivity index (χ3n) is 4.18. The number of benzene rings is 1. The Morgan fingerprint density at radius 1 is 1.08 bits per heavy atom. The van der Waals surface area contributed by atoms with Gasteiger partial charge in [-0.15, -0.1) is 0 Å². The molecule has 0 unspecified atom stereocenters. The van der Waals surface area contributed by atoms with Crippen LogP contribution in [0.4, 0.5) is 5.69 Å². The van der Waals surface area contributed by atoms with Gasteiger partial charge in [0.25, 0.3) is 10.0 Å². The zero-order chi connectivity index (χ0) is 16.6. The molecule has 1 aromatic carbocycles. The van der Waals surface area contributed by atoms with Gasteiger partial charge in [0.2, 0.25) is 0 Å². The molecule has 0 saturated carbocycles. The van der Waals surface area contributed by atoms with Crippen molar-refractivity contribution in [1.29, 1.82) is 0 Å². The summed E-state index contributed by atoms with van der Waals surface area (Å²) in [6, 6.07) is 10.8. The van der Waals surface area contributed by atoms with E-state index in [0.717, 1.165) is 24.8 Å². The molecule has 0 saturated heterocycles. The van der Waals surface area contributed by atoms with Gasteiger partial charge in [-0.25, -0.2) is 8.42 Å². The van der Waals surface area contributed by atoms with E-state index in [0.29, 0.717) is 17.1 Å². The molecule has 4 rings (SSSR count). The number of nitrogens with one attached hydrogen (secondary N) is 2. The fraction of sp³-hybridized carbons (Fsp3) is 0.176. The number of sulfonamides is 1. The Hall–Kier alpha value is -2.67. The molecule has 2 aromatic heterocycles. The molecule has 6 nitrogen and oxygen atoms in total. The van der Waals surface area contributed by atoms with Gasteiger partial charge in [-0.1, -0.05) is 12.1 Å². The van der Waals surface area contributed by atoms with E-state index in [9.17, 15) is 8.42 Å². The quantitative estimate of drug-likeness (QED) is 0.764. The van der Waals surface area contributed by atoms with Crippen LogP contribution in [0, 0.1) is 0 Å². The monoisotopic (exact) mass is 340 g/mol. The molecule has 3 aromatic rings. The molecule has 2 heterocycles. The van der Waals surface area contributed by atoms with Gasteiger partial charge in [0.15, 0.2) is 0 Å². The van der Waals surface area contributed by atoms with Crippen molar-refractivity contribution in [3.8, 4) is 11.4 Å². The molecule has 0 radical (unpaired) electrons. The Morgan fingerprint density at radius 3 is 2.79 bits per heavy atom. The number of hydrogen-bond donors (Lipinski definition) is 2. The summed E-state index contributed by atoms with van der Waals surface area (Å²) in [6.45, 7) is 0. The van der Waals surface area contributed by atoms with E-state index in [1.165, 1.54) is 11.8 Å². The fourth-order valence-corrected chi connectivity index (χ4v) is 4.10. The van der Waals surface area contributed by atoms with Crippen LogP contribution in [0.5, 0.6) is 0 Å². The third-order valence-corrected chi connectivity index (χ3v) is 5.55. The number of pyridine rings is 1. The van der Waals surface area contributed by atoms with Gasteiger partial charge in [0.1, 0.15) is 5.69 Å². The number of aryl methyl sites for hydroxylation is 2. The first-order chi connectivity index (χ1) is 11.6. The molecule has 122 valence electrons. The van der Waals surface area contributed by atoms with Crippen molar-refractivity contribution in [2.75, 3.05) is 4.72 Å². The molecule has 7 heteroatoms. The number of nitrogens with zero attached hydrogens (tertiary/aromatic N) is 2. The van der Waals surface area contributed by atoms with E-state index in [1.54, 1.807) is 30.5 Å². The van der Waals surface area contributed by atoms with E-state index in [1.807, 2.05) is 12.1 Å². The Labute approximate surface area is 140 Å². The van der Waals surface area contributed by atoms with Crippen molar-refractivity contribution in [2.45, 2.75) is 24.2 Å². The van der Waals surface area contributed by atoms with Crippen LogP contribution in [0.15, 0.2) is 53.7 Å². The van der Waals surface area contributed by atoms with E-state index in [2.05, 4.69) is 19.9 Å². The number of aromatic nitrogens is 3. The zero-order valence-electron chi connectivity index (χ0n) is 12.9. The lowest BCUT2D eigenvalue weighted by molar-refractivity contribution is 0.601. The van der Waals surface area contributed by atoms with Crippen molar-refractivity contribution in [1.82, 2.24) is 15.2 Å². The molecular formula is C17H16N4O2S. The average molecular weight is 340 g/mol. The Bertz CT molecular complexity index is 981. The predicted octanol–water partition coefficient (Wildman–Crippen LogP) is 2.76.